The van der Waals surface area contributed by atoms with Gasteiger partial charge in [0.25, 0.3) is 5.19 Å². The molecule has 1 aromatic rings. The fourth-order valence-corrected chi connectivity index (χ4v) is 2.73. The van der Waals surface area contributed by atoms with Gasteiger partial charge in [0, 0.05) is 13.1 Å². The molecule has 2 heterocycles. The van der Waals surface area contributed by atoms with Crippen molar-refractivity contribution in [3.63, 3.8) is 0 Å². The van der Waals surface area contributed by atoms with E-state index in [1.54, 1.807) is 0 Å². The summed E-state index contributed by atoms with van der Waals surface area (Å²) < 4.78 is 5.64. The second kappa shape index (κ2) is 7.66. The fourth-order valence-electron chi connectivity index (χ4n) is 2.04. The van der Waals surface area contributed by atoms with Gasteiger partial charge in [0.2, 0.25) is 0 Å². The van der Waals surface area contributed by atoms with Crippen LogP contribution in [0.3, 0.4) is 0 Å². The Bertz CT molecular complexity index is 339. The van der Waals surface area contributed by atoms with Crippen LogP contribution in [0, 0.1) is 0 Å². The lowest BCUT2D eigenvalue weighted by molar-refractivity contribution is 0.182. The van der Waals surface area contributed by atoms with Crippen LogP contribution in [0.4, 0.5) is 0 Å². The molecule has 5 nitrogen and oxygen atoms in total. The van der Waals surface area contributed by atoms with Crippen LogP contribution in [0.15, 0.2) is 0 Å². The highest BCUT2D eigenvalue weighted by atomic mass is 32.1. The zero-order valence-electron chi connectivity index (χ0n) is 11.0. The first kappa shape index (κ1) is 13.7. The molecular formula is C12H22N4OS. The fraction of sp³-hybridized carbons (Fsp3) is 0.833. The van der Waals surface area contributed by atoms with Crippen LogP contribution < -0.4 is 10.1 Å². The maximum atomic E-state index is 5.64. The first-order chi connectivity index (χ1) is 8.88. The number of likely N-dealkylation sites (tertiary alicyclic amines) is 1. The van der Waals surface area contributed by atoms with Gasteiger partial charge in [-0.05, 0) is 32.5 Å². The zero-order chi connectivity index (χ0) is 12.6. The number of hydrogen-bond acceptors (Lipinski definition) is 6. The molecule has 0 aromatic carbocycles. The normalized spacial score (nSPS) is 16.9. The molecule has 1 aliphatic rings. The Hall–Kier alpha value is -0.720. The Balaban J connectivity index is 1.64. The summed E-state index contributed by atoms with van der Waals surface area (Å²) in [4.78, 5) is 2.46. The summed E-state index contributed by atoms with van der Waals surface area (Å²) in [5.74, 6) is 0. The number of nitrogens with zero attached hydrogens (tertiary/aromatic N) is 3. The van der Waals surface area contributed by atoms with E-state index >= 15 is 0 Å². The third kappa shape index (κ3) is 4.51. The van der Waals surface area contributed by atoms with Gasteiger partial charge >= 0.3 is 0 Å². The van der Waals surface area contributed by atoms with Crippen LogP contribution >= 0.6 is 11.3 Å². The Morgan fingerprint density at radius 3 is 2.89 bits per heavy atom. The van der Waals surface area contributed by atoms with Gasteiger partial charge in [0.15, 0.2) is 0 Å². The monoisotopic (exact) mass is 270 g/mol. The van der Waals surface area contributed by atoms with Crippen molar-refractivity contribution in [3.05, 3.63) is 5.01 Å². The molecule has 0 atom stereocenters. The number of nitrogens with one attached hydrogen (secondary N) is 1. The van der Waals surface area contributed by atoms with Gasteiger partial charge in [-0.2, -0.15) is 0 Å². The van der Waals surface area contributed by atoms with Crippen molar-refractivity contribution in [1.82, 2.24) is 20.4 Å². The molecule has 1 aromatic heterocycles. The van der Waals surface area contributed by atoms with E-state index in [0.29, 0.717) is 5.19 Å². The van der Waals surface area contributed by atoms with E-state index in [0.717, 1.165) is 31.2 Å². The summed E-state index contributed by atoms with van der Waals surface area (Å²) in [6.07, 6.45) is 4.03. The van der Waals surface area contributed by atoms with Crippen LogP contribution in [0.25, 0.3) is 0 Å². The van der Waals surface area contributed by atoms with Crippen LogP contribution in [0.1, 0.15) is 31.2 Å². The van der Waals surface area contributed by atoms with Crippen LogP contribution in [-0.2, 0) is 6.54 Å². The molecule has 1 fully saturated rings. The molecule has 1 N–H and O–H groups in total. The first-order valence-corrected chi connectivity index (χ1v) is 7.58. The van der Waals surface area contributed by atoms with Crippen LogP contribution in [0.5, 0.6) is 5.19 Å². The summed E-state index contributed by atoms with van der Waals surface area (Å²) in [6.45, 7) is 7.96. The van der Waals surface area contributed by atoms with Crippen molar-refractivity contribution in [2.45, 2.75) is 32.7 Å². The molecule has 0 bridgehead atoms. The van der Waals surface area contributed by atoms with Gasteiger partial charge < -0.3 is 10.1 Å². The van der Waals surface area contributed by atoms with Crippen LogP contribution in [-0.4, -0.2) is 47.9 Å². The quantitative estimate of drug-likeness (QED) is 0.814. The van der Waals surface area contributed by atoms with Gasteiger partial charge in [-0.3, -0.25) is 4.90 Å². The number of hydrogen-bond donors (Lipinski definition) is 1. The Morgan fingerprint density at radius 1 is 1.28 bits per heavy atom. The maximum absolute atomic E-state index is 5.64. The molecule has 0 radical (unpaired) electrons. The van der Waals surface area contributed by atoms with E-state index in [9.17, 15) is 0 Å². The largest absolute Gasteiger partial charge is 0.468 e. The molecule has 1 saturated heterocycles. The topological polar surface area (TPSA) is 50.3 Å². The average molecular weight is 270 g/mol. The molecular weight excluding hydrogens is 248 g/mol. The zero-order valence-corrected chi connectivity index (χ0v) is 11.8. The van der Waals surface area contributed by atoms with E-state index in [-0.39, 0.29) is 0 Å². The molecule has 18 heavy (non-hydrogen) atoms. The molecule has 102 valence electrons. The minimum absolute atomic E-state index is 0.694. The van der Waals surface area contributed by atoms with Gasteiger partial charge in [0.1, 0.15) is 11.6 Å². The Kier molecular flexibility index (Phi) is 5.83. The molecule has 0 spiro atoms. The van der Waals surface area contributed by atoms with Crippen molar-refractivity contribution >= 4 is 11.3 Å². The number of ether oxygens (including phenoxy) is 1. The SMILES string of the molecule is CCNCc1nnc(OCCN2CCCCC2)s1. The van der Waals surface area contributed by atoms with Crippen molar-refractivity contribution in [2.75, 3.05) is 32.8 Å². The van der Waals surface area contributed by atoms with Gasteiger partial charge in [0.05, 0.1) is 0 Å². The van der Waals surface area contributed by atoms with Crippen molar-refractivity contribution in [1.29, 1.82) is 0 Å². The maximum Gasteiger partial charge on any atom is 0.294 e. The van der Waals surface area contributed by atoms with E-state index < -0.39 is 0 Å². The van der Waals surface area contributed by atoms with E-state index in [1.165, 1.54) is 43.7 Å². The Morgan fingerprint density at radius 2 is 2.11 bits per heavy atom. The predicted octanol–water partition coefficient (Wildman–Crippen LogP) is 1.51. The lowest BCUT2D eigenvalue weighted by Gasteiger charge is -2.25. The van der Waals surface area contributed by atoms with Gasteiger partial charge in [-0.1, -0.05) is 24.7 Å². The molecule has 6 heteroatoms. The summed E-state index contributed by atoms with van der Waals surface area (Å²) in [6, 6.07) is 0. The van der Waals surface area contributed by atoms with E-state index in [2.05, 4.69) is 27.3 Å². The second-order valence-corrected chi connectivity index (χ2v) is 5.52. The summed E-state index contributed by atoms with van der Waals surface area (Å²) >= 11 is 1.53. The molecule has 2 rings (SSSR count). The minimum Gasteiger partial charge on any atom is -0.468 e. The van der Waals surface area contributed by atoms with Gasteiger partial charge in [-0.25, -0.2) is 0 Å². The van der Waals surface area contributed by atoms with Crippen molar-refractivity contribution in [3.8, 4) is 5.19 Å². The molecule has 1 aliphatic heterocycles. The Labute approximate surface area is 113 Å². The minimum atomic E-state index is 0.694. The van der Waals surface area contributed by atoms with E-state index in [4.69, 9.17) is 4.74 Å². The summed E-state index contributed by atoms with van der Waals surface area (Å²) in [7, 11) is 0. The molecule has 0 saturated carbocycles. The molecule has 0 amide bonds. The highest BCUT2D eigenvalue weighted by Crippen LogP contribution is 2.17. The predicted molar refractivity (Wildman–Crippen MR) is 73.1 cm³/mol. The third-order valence-electron chi connectivity index (χ3n) is 3.06. The summed E-state index contributed by atoms with van der Waals surface area (Å²) in [5, 5.41) is 13.0. The van der Waals surface area contributed by atoms with Crippen LogP contribution in [0.2, 0.25) is 0 Å². The molecule has 0 aliphatic carbocycles. The van der Waals surface area contributed by atoms with Crippen molar-refractivity contribution in [2.24, 2.45) is 0 Å². The van der Waals surface area contributed by atoms with Crippen molar-refractivity contribution < 1.29 is 4.74 Å². The van der Waals surface area contributed by atoms with Gasteiger partial charge in [-0.15, -0.1) is 10.2 Å². The average Bonchev–Trinajstić information content (AvgIpc) is 2.85. The lowest BCUT2D eigenvalue weighted by atomic mass is 10.1. The number of aromatic nitrogens is 2. The lowest BCUT2D eigenvalue weighted by Crippen LogP contribution is -2.33. The highest BCUT2D eigenvalue weighted by Gasteiger charge is 2.10. The number of piperidine rings is 1. The van der Waals surface area contributed by atoms with E-state index in [1.807, 2.05) is 0 Å². The highest BCUT2D eigenvalue weighted by molar-refractivity contribution is 7.13. The second-order valence-electron chi connectivity index (χ2n) is 4.49. The first-order valence-electron chi connectivity index (χ1n) is 6.76. The molecule has 0 unspecified atom stereocenters. The summed E-state index contributed by atoms with van der Waals surface area (Å²) in [5.41, 5.74) is 0. The smallest absolute Gasteiger partial charge is 0.294 e. The standard InChI is InChI=1S/C12H22N4OS/c1-2-13-10-11-14-15-12(18-11)17-9-8-16-6-4-3-5-7-16/h13H,2-10H2,1H3. The third-order valence-corrected chi connectivity index (χ3v) is 3.89. The number of rotatable bonds is 7.